The number of quaternary nitrogens is 1. The molecular formula is C16H20N3O3+. The topological polar surface area (TPSA) is 75.8 Å². The van der Waals surface area contributed by atoms with Gasteiger partial charge in [-0.15, -0.1) is 0 Å². The van der Waals surface area contributed by atoms with Gasteiger partial charge in [-0.25, -0.2) is 0 Å². The Labute approximate surface area is 129 Å². The molecule has 0 saturated heterocycles. The summed E-state index contributed by atoms with van der Waals surface area (Å²) in [4.78, 5) is 24.6. The number of carbonyl (C=O) groups excluding carboxylic acids is 2. The Kier molecular flexibility index (Phi) is 5.32. The van der Waals surface area contributed by atoms with E-state index in [1.165, 1.54) is 0 Å². The van der Waals surface area contributed by atoms with E-state index in [2.05, 4.69) is 10.6 Å². The number of hydrogen-bond donors (Lipinski definition) is 3. The molecule has 1 heterocycles. The molecule has 6 nitrogen and oxygen atoms in total. The zero-order chi connectivity index (χ0) is 15.9. The van der Waals surface area contributed by atoms with Crippen LogP contribution in [-0.2, 0) is 11.3 Å². The van der Waals surface area contributed by atoms with Gasteiger partial charge >= 0.3 is 0 Å². The third kappa shape index (κ3) is 4.46. The van der Waals surface area contributed by atoms with Crippen molar-refractivity contribution >= 4 is 17.5 Å². The molecule has 2 amide bonds. The number of likely N-dealkylation sites (N-methyl/N-ethyl adjacent to an activating group) is 1. The molecule has 22 heavy (non-hydrogen) atoms. The molecule has 1 atom stereocenters. The van der Waals surface area contributed by atoms with E-state index >= 15 is 0 Å². The normalized spacial score (nSPS) is 11.7. The van der Waals surface area contributed by atoms with Gasteiger partial charge in [-0.2, -0.15) is 0 Å². The molecule has 0 bridgehead atoms. The third-order valence-corrected chi connectivity index (χ3v) is 3.15. The van der Waals surface area contributed by atoms with Gasteiger partial charge < -0.3 is 20.0 Å². The van der Waals surface area contributed by atoms with Crippen LogP contribution in [0.5, 0.6) is 0 Å². The Balaban J connectivity index is 1.90. The van der Waals surface area contributed by atoms with Crippen molar-refractivity contribution < 1.29 is 18.9 Å². The van der Waals surface area contributed by atoms with Gasteiger partial charge in [0.2, 0.25) is 0 Å². The van der Waals surface area contributed by atoms with Crippen molar-refractivity contribution in [1.82, 2.24) is 5.32 Å². The molecule has 0 fully saturated rings. The van der Waals surface area contributed by atoms with Crippen LogP contribution in [0.25, 0.3) is 0 Å². The quantitative estimate of drug-likeness (QED) is 0.718. The lowest BCUT2D eigenvalue weighted by molar-refractivity contribution is -0.886. The highest BCUT2D eigenvalue weighted by Gasteiger charge is 2.12. The van der Waals surface area contributed by atoms with E-state index in [-0.39, 0.29) is 11.8 Å². The minimum absolute atomic E-state index is 0.113. The Morgan fingerprint density at radius 2 is 2.05 bits per heavy atom. The fraction of sp³-hybridized carbons (Fsp3) is 0.250. The van der Waals surface area contributed by atoms with Gasteiger partial charge in [0.15, 0.2) is 12.3 Å². The summed E-state index contributed by atoms with van der Waals surface area (Å²) < 4.78 is 5.26. The van der Waals surface area contributed by atoms with Gasteiger partial charge in [0, 0.05) is 18.3 Å². The minimum Gasteiger partial charge on any atom is -0.463 e. The van der Waals surface area contributed by atoms with Crippen LogP contribution in [0.2, 0.25) is 0 Å². The van der Waals surface area contributed by atoms with Gasteiger partial charge in [-0.1, -0.05) is 6.07 Å². The third-order valence-electron chi connectivity index (χ3n) is 3.15. The Morgan fingerprint density at radius 3 is 2.73 bits per heavy atom. The summed E-state index contributed by atoms with van der Waals surface area (Å²) in [7, 11) is 3.49. The molecule has 6 heteroatoms. The Bertz CT molecular complexity index is 638. The molecule has 3 N–H and O–H groups in total. The van der Waals surface area contributed by atoms with Gasteiger partial charge in [0.1, 0.15) is 6.54 Å². The van der Waals surface area contributed by atoms with E-state index in [9.17, 15) is 9.59 Å². The first-order chi connectivity index (χ1) is 10.6. The number of rotatable bonds is 6. The molecule has 2 aromatic rings. The first-order valence-electron chi connectivity index (χ1n) is 7.04. The number of nitrogens with one attached hydrogen (secondary N) is 3. The number of carbonyl (C=O) groups is 2. The molecule has 1 aromatic carbocycles. The van der Waals surface area contributed by atoms with Crippen molar-refractivity contribution in [2.45, 2.75) is 6.54 Å². The summed E-state index contributed by atoms with van der Waals surface area (Å²) in [6.45, 7) is 0.948. The summed E-state index contributed by atoms with van der Waals surface area (Å²) in [5, 5.41) is 5.35. The molecule has 116 valence electrons. The van der Waals surface area contributed by atoms with Crippen molar-refractivity contribution in [2.24, 2.45) is 0 Å². The Hall–Kier alpha value is -2.60. The van der Waals surface area contributed by atoms with E-state index in [4.69, 9.17) is 4.42 Å². The average molecular weight is 302 g/mol. The lowest BCUT2D eigenvalue weighted by Gasteiger charge is -2.12. The van der Waals surface area contributed by atoms with E-state index in [0.717, 1.165) is 10.7 Å². The standard InChI is InChI=1S/C16H19N3O3/c1-17-16(21)12-5-3-6-13(9-12)18-15(20)11-19(2)10-14-7-4-8-22-14/h3-9H,10-11H2,1-2H3,(H,17,21)(H,18,20)/p+1. The molecular weight excluding hydrogens is 282 g/mol. The van der Waals surface area contributed by atoms with Crippen molar-refractivity contribution in [3.05, 3.63) is 54.0 Å². The molecule has 1 unspecified atom stereocenters. The van der Waals surface area contributed by atoms with E-state index in [0.29, 0.717) is 24.3 Å². The Morgan fingerprint density at radius 1 is 1.23 bits per heavy atom. The van der Waals surface area contributed by atoms with Crippen LogP contribution in [-0.4, -0.2) is 32.5 Å². The predicted octanol–water partition coefficient (Wildman–Crippen LogP) is 0.293. The van der Waals surface area contributed by atoms with E-state index in [1.54, 1.807) is 37.6 Å². The van der Waals surface area contributed by atoms with Gasteiger partial charge in [-0.3, -0.25) is 9.59 Å². The van der Waals surface area contributed by atoms with E-state index in [1.807, 2.05) is 19.2 Å². The predicted molar refractivity (Wildman–Crippen MR) is 82.6 cm³/mol. The molecule has 0 aliphatic carbocycles. The maximum Gasteiger partial charge on any atom is 0.279 e. The number of furan rings is 1. The van der Waals surface area contributed by atoms with Crippen LogP contribution in [0.4, 0.5) is 5.69 Å². The zero-order valence-corrected chi connectivity index (χ0v) is 12.7. The largest absolute Gasteiger partial charge is 0.463 e. The second kappa shape index (κ2) is 7.42. The van der Waals surface area contributed by atoms with Crippen LogP contribution in [0.3, 0.4) is 0 Å². The maximum absolute atomic E-state index is 12.0. The van der Waals surface area contributed by atoms with Gasteiger partial charge in [0.05, 0.1) is 13.3 Å². The molecule has 0 radical (unpaired) electrons. The van der Waals surface area contributed by atoms with Crippen LogP contribution >= 0.6 is 0 Å². The van der Waals surface area contributed by atoms with Crippen molar-refractivity contribution in [3.63, 3.8) is 0 Å². The maximum atomic E-state index is 12.0. The van der Waals surface area contributed by atoms with Crippen LogP contribution in [0, 0.1) is 0 Å². The van der Waals surface area contributed by atoms with Crippen LogP contribution in [0.15, 0.2) is 47.1 Å². The minimum atomic E-state index is -0.184. The first kappa shape index (κ1) is 15.8. The fourth-order valence-corrected chi connectivity index (χ4v) is 2.13. The summed E-state index contributed by atoms with van der Waals surface area (Å²) >= 11 is 0. The highest BCUT2D eigenvalue weighted by Crippen LogP contribution is 2.10. The number of anilines is 1. The summed E-state index contributed by atoms with van der Waals surface area (Å²) in [6.07, 6.45) is 1.62. The molecule has 2 rings (SSSR count). The molecule has 1 aromatic heterocycles. The average Bonchev–Trinajstić information content (AvgIpc) is 2.99. The summed E-state index contributed by atoms with van der Waals surface area (Å²) in [6, 6.07) is 10.5. The zero-order valence-electron chi connectivity index (χ0n) is 12.7. The lowest BCUT2D eigenvalue weighted by atomic mass is 10.2. The van der Waals surface area contributed by atoms with Crippen molar-refractivity contribution in [3.8, 4) is 0 Å². The molecule has 0 aliphatic rings. The SMILES string of the molecule is CNC(=O)c1cccc(NC(=O)C[NH+](C)Cc2ccco2)c1. The molecule has 0 aliphatic heterocycles. The van der Waals surface area contributed by atoms with Crippen LogP contribution < -0.4 is 15.5 Å². The second-order valence-corrected chi connectivity index (χ2v) is 5.10. The monoisotopic (exact) mass is 302 g/mol. The van der Waals surface area contributed by atoms with Crippen molar-refractivity contribution in [2.75, 3.05) is 26.0 Å². The molecule has 0 spiro atoms. The highest BCUT2D eigenvalue weighted by atomic mass is 16.3. The number of amides is 2. The fourth-order valence-electron chi connectivity index (χ4n) is 2.13. The van der Waals surface area contributed by atoms with E-state index < -0.39 is 0 Å². The van der Waals surface area contributed by atoms with Crippen molar-refractivity contribution in [1.29, 1.82) is 0 Å². The highest BCUT2D eigenvalue weighted by molar-refractivity contribution is 5.97. The lowest BCUT2D eigenvalue weighted by Crippen LogP contribution is -3.08. The first-order valence-corrected chi connectivity index (χ1v) is 7.04. The smallest absolute Gasteiger partial charge is 0.279 e. The molecule has 0 saturated carbocycles. The number of benzene rings is 1. The van der Waals surface area contributed by atoms with Crippen LogP contribution in [0.1, 0.15) is 16.1 Å². The van der Waals surface area contributed by atoms with Gasteiger partial charge in [-0.05, 0) is 30.3 Å². The van der Waals surface area contributed by atoms with Gasteiger partial charge in [0.25, 0.3) is 11.8 Å². The summed E-state index contributed by atoms with van der Waals surface area (Å²) in [5.74, 6) is 0.543. The summed E-state index contributed by atoms with van der Waals surface area (Å²) in [5.41, 5.74) is 1.12. The number of hydrogen-bond acceptors (Lipinski definition) is 3. The second-order valence-electron chi connectivity index (χ2n) is 5.10.